The van der Waals surface area contributed by atoms with Gasteiger partial charge in [0.05, 0.1) is 0 Å². The van der Waals surface area contributed by atoms with E-state index < -0.39 is 0 Å². The maximum absolute atomic E-state index is 12.1. The summed E-state index contributed by atoms with van der Waals surface area (Å²) in [4.78, 5) is 14.7. The average Bonchev–Trinajstić information content (AvgIpc) is 3.10. The lowest BCUT2D eigenvalue weighted by Crippen LogP contribution is -2.42. The van der Waals surface area contributed by atoms with E-state index in [1.807, 2.05) is 0 Å². The van der Waals surface area contributed by atoms with Crippen LogP contribution in [-0.2, 0) is 4.79 Å². The lowest BCUT2D eigenvalue weighted by molar-refractivity contribution is -0.123. The first-order chi connectivity index (χ1) is 9.68. The Morgan fingerprint density at radius 3 is 3.00 bits per heavy atom. The van der Waals surface area contributed by atoms with Gasteiger partial charge in [0.25, 0.3) is 0 Å². The molecule has 20 heavy (non-hydrogen) atoms. The molecular formula is C16H23N3O. The second-order valence-corrected chi connectivity index (χ2v) is 6.82. The van der Waals surface area contributed by atoms with Crippen LogP contribution in [0, 0.1) is 11.3 Å². The van der Waals surface area contributed by atoms with Crippen LogP contribution in [0.5, 0.6) is 0 Å². The number of hydrogen-bond acceptors (Lipinski definition) is 3. The van der Waals surface area contributed by atoms with Crippen molar-refractivity contribution in [1.29, 1.82) is 0 Å². The number of likely N-dealkylation sites (tertiary alicyclic amines) is 1. The largest absolute Gasteiger partial charge is 0.384 e. The van der Waals surface area contributed by atoms with Crippen molar-refractivity contribution < 1.29 is 4.79 Å². The van der Waals surface area contributed by atoms with Crippen LogP contribution in [0.2, 0.25) is 0 Å². The minimum atomic E-state index is 0.0524. The Kier molecular flexibility index (Phi) is 2.71. The van der Waals surface area contributed by atoms with Gasteiger partial charge in [-0.2, -0.15) is 0 Å². The van der Waals surface area contributed by atoms with Crippen molar-refractivity contribution >= 4 is 5.91 Å². The summed E-state index contributed by atoms with van der Waals surface area (Å²) in [6, 6.07) is 0. The topological polar surface area (TPSA) is 44.4 Å². The van der Waals surface area contributed by atoms with Crippen molar-refractivity contribution in [1.82, 2.24) is 15.5 Å². The lowest BCUT2D eigenvalue weighted by atomic mass is 9.73. The van der Waals surface area contributed by atoms with Crippen LogP contribution >= 0.6 is 0 Å². The fourth-order valence-electron chi connectivity index (χ4n) is 4.37. The molecule has 0 bridgehead atoms. The maximum atomic E-state index is 12.1. The molecule has 0 aromatic heterocycles. The molecule has 0 saturated carbocycles. The molecule has 3 heterocycles. The molecule has 0 radical (unpaired) electrons. The Morgan fingerprint density at radius 2 is 2.20 bits per heavy atom. The first kappa shape index (κ1) is 12.5. The highest BCUT2D eigenvalue weighted by Crippen LogP contribution is 2.50. The van der Waals surface area contributed by atoms with Crippen LogP contribution < -0.4 is 10.6 Å². The van der Waals surface area contributed by atoms with Gasteiger partial charge in [0.1, 0.15) is 0 Å². The number of allylic oxidation sites excluding steroid dienone is 2. The van der Waals surface area contributed by atoms with Gasteiger partial charge in [-0.3, -0.25) is 4.79 Å². The molecule has 0 aromatic rings. The second kappa shape index (κ2) is 4.35. The van der Waals surface area contributed by atoms with E-state index in [2.05, 4.69) is 28.5 Å². The molecule has 1 amide bonds. The van der Waals surface area contributed by atoms with E-state index in [0.29, 0.717) is 12.3 Å². The van der Waals surface area contributed by atoms with E-state index in [4.69, 9.17) is 0 Å². The third kappa shape index (κ3) is 1.74. The van der Waals surface area contributed by atoms with E-state index in [1.165, 1.54) is 42.9 Å². The van der Waals surface area contributed by atoms with Gasteiger partial charge in [0.15, 0.2) is 0 Å². The highest BCUT2D eigenvalue weighted by molar-refractivity contribution is 5.83. The van der Waals surface area contributed by atoms with Gasteiger partial charge in [0, 0.05) is 41.3 Å². The number of hydrogen-bond donors (Lipinski definition) is 2. The second-order valence-electron chi connectivity index (χ2n) is 6.82. The predicted molar refractivity (Wildman–Crippen MR) is 77.8 cm³/mol. The molecule has 4 rings (SSSR count). The van der Waals surface area contributed by atoms with E-state index in [9.17, 15) is 4.79 Å². The van der Waals surface area contributed by atoms with Crippen molar-refractivity contribution in [2.45, 2.75) is 32.6 Å². The molecule has 4 aliphatic rings. The minimum absolute atomic E-state index is 0.0524. The summed E-state index contributed by atoms with van der Waals surface area (Å²) in [5, 5.41) is 6.67. The standard InChI is InChI=1S/C16H23N3O/c1-11-8-12-14-15(11)18-13(20)9-16(14,10-17-12)4-7-19-5-2-3-6-19/h8,11,17H,2-7,9-10H2,1H3,(H,18,20). The minimum Gasteiger partial charge on any atom is -0.384 e. The number of nitrogens with one attached hydrogen (secondary N) is 2. The molecule has 1 aliphatic carbocycles. The van der Waals surface area contributed by atoms with E-state index in [0.717, 1.165) is 19.5 Å². The number of carbonyl (C=O) groups is 1. The molecular weight excluding hydrogens is 250 g/mol. The van der Waals surface area contributed by atoms with Gasteiger partial charge in [-0.1, -0.05) is 13.0 Å². The van der Waals surface area contributed by atoms with Crippen LogP contribution in [0.4, 0.5) is 0 Å². The van der Waals surface area contributed by atoms with Gasteiger partial charge in [-0.05, 0) is 38.9 Å². The molecule has 2 atom stereocenters. The van der Waals surface area contributed by atoms with Crippen LogP contribution in [0.3, 0.4) is 0 Å². The molecule has 2 unspecified atom stereocenters. The monoisotopic (exact) mass is 273 g/mol. The molecule has 0 spiro atoms. The van der Waals surface area contributed by atoms with Crippen LogP contribution in [0.25, 0.3) is 0 Å². The maximum Gasteiger partial charge on any atom is 0.225 e. The normalized spacial score (nSPS) is 36.0. The lowest BCUT2D eigenvalue weighted by Gasteiger charge is -2.36. The quantitative estimate of drug-likeness (QED) is 0.816. The molecule has 2 saturated heterocycles. The number of rotatable bonds is 3. The van der Waals surface area contributed by atoms with E-state index in [1.54, 1.807) is 0 Å². The summed E-state index contributed by atoms with van der Waals surface area (Å²) >= 11 is 0. The molecule has 4 nitrogen and oxygen atoms in total. The van der Waals surface area contributed by atoms with Crippen molar-refractivity contribution in [3.63, 3.8) is 0 Å². The molecule has 2 N–H and O–H groups in total. The van der Waals surface area contributed by atoms with Crippen molar-refractivity contribution in [3.8, 4) is 0 Å². The Hall–Kier alpha value is -1.29. The first-order valence-electron chi connectivity index (χ1n) is 7.91. The highest BCUT2D eigenvalue weighted by Gasteiger charge is 2.50. The van der Waals surface area contributed by atoms with E-state index in [-0.39, 0.29) is 11.3 Å². The fourth-order valence-corrected chi connectivity index (χ4v) is 4.37. The summed E-state index contributed by atoms with van der Waals surface area (Å²) in [6.45, 7) is 6.71. The summed E-state index contributed by atoms with van der Waals surface area (Å²) in [7, 11) is 0. The number of carbonyl (C=O) groups excluding carboxylic acids is 1. The molecule has 0 aromatic carbocycles. The van der Waals surface area contributed by atoms with Gasteiger partial charge >= 0.3 is 0 Å². The molecule has 3 aliphatic heterocycles. The third-order valence-corrected chi connectivity index (χ3v) is 5.44. The van der Waals surface area contributed by atoms with Gasteiger partial charge < -0.3 is 15.5 Å². The van der Waals surface area contributed by atoms with E-state index >= 15 is 0 Å². The van der Waals surface area contributed by atoms with Crippen LogP contribution in [0.1, 0.15) is 32.6 Å². The Bertz CT molecular complexity index is 516. The van der Waals surface area contributed by atoms with Gasteiger partial charge in [-0.25, -0.2) is 0 Å². The number of nitrogens with zero attached hydrogens (tertiary/aromatic N) is 1. The highest BCUT2D eigenvalue weighted by atomic mass is 16.1. The predicted octanol–water partition coefficient (Wildman–Crippen LogP) is 1.37. The van der Waals surface area contributed by atoms with Crippen molar-refractivity contribution in [2.24, 2.45) is 11.3 Å². The van der Waals surface area contributed by atoms with Crippen LogP contribution in [-0.4, -0.2) is 37.0 Å². The molecule has 4 heteroatoms. The van der Waals surface area contributed by atoms with Crippen LogP contribution in [0.15, 0.2) is 23.0 Å². The zero-order valence-corrected chi connectivity index (χ0v) is 12.2. The Labute approximate surface area is 120 Å². The SMILES string of the molecule is CC1C=C2NCC3(CCN4CCCC4)CC(=O)NC1=C23. The Morgan fingerprint density at radius 1 is 1.40 bits per heavy atom. The number of amides is 1. The smallest absolute Gasteiger partial charge is 0.225 e. The average molecular weight is 273 g/mol. The third-order valence-electron chi connectivity index (χ3n) is 5.44. The summed E-state index contributed by atoms with van der Waals surface area (Å²) in [5.41, 5.74) is 3.93. The first-order valence-corrected chi connectivity index (χ1v) is 7.91. The van der Waals surface area contributed by atoms with Crippen molar-refractivity contribution in [2.75, 3.05) is 26.2 Å². The summed E-state index contributed by atoms with van der Waals surface area (Å²) in [6.07, 6.45) is 6.70. The zero-order chi connectivity index (χ0) is 13.7. The molecule has 108 valence electrons. The van der Waals surface area contributed by atoms with Gasteiger partial charge in [-0.15, -0.1) is 0 Å². The van der Waals surface area contributed by atoms with Crippen molar-refractivity contribution in [3.05, 3.63) is 23.0 Å². The van der Waals surface area contributed by atoms with Gasteiger partial charge in [0.2, 0.25) is 5.91 Å². The fraction of sp³-hybridized carbons (Fsp3) is 0.688. The zero-order valence-electron chi connectivity index (χ0n) is 12.2. The summed E-state index contributed by atoms with van der Waals surface area (Å²) in [5.74, 6) is 0.554. The molecule has 2 fully saturated rings. The Balaban J connectivity index is 1.61. The summed E-state index contributed by atoms with van der Waals surface area (Å²) < 4.78 is 0.